The molecule has 2 aliphatic heterocycles. The number of nitrogens with zero attached hydrogens (tertiary/aromatic N) is 2. The summed E-state index contributed by atoms with van der Waals surface area (Å²) in [5.41, 5.74) is 3.08. The molecule has 1 N–H and O–H groups in total. The van der Waals surface area contributed by atoms with E-state index in [1.807, 2.05) is 4.90 Å². The van der Waals surface area contributed by atoms with Gasteiger partial charge in [0.1, 0.15) is 0 Å². The molecular weight excluding hydrogens is 202 g/mol. The number of carbonyl (C=O) groups excluding carboxylic acids is 1. The van der Waals surface area contributed by atoms with Gasteiger partial charge in [-0.15, -0.1) is 0 Å². The first-order valence-electron chi connectivity index (χ1n) is 6.52. The first kappa shape index (κ1) is 11.7. The maximum absolute atomic E-state index is 12.0. The van der Waals surface area contributed by atoms with Gasteiger partial charge in [0.25, 0.3) is 0 Å². The van der Waals surface area contributed by atoms with Crippen molar-refractivity contribution < 1.29 is 4.79 Å². The first-order chi connectivity index (χ1) is 7.68. The van der Waals surface area contributed by atoms with Gasteiger partial charge in [0.15, 0.2) is 0 Å². The van der Waals surface area contributed by atoms with Gasteiger partial charge in [0.05, 0.1) is 0 Å². The van der Waals surface area contributed by atoms with Crippen LogP contribution in [0, 0.1) is 0 Å². The molecule has 2 atom stereocenters. The van der Waals surface area contributed by atoms with Gasteiger partial charge in [-0.25, -0.2) is 9.80 Å². The molecule has 0 aromatic carbocycles. The highest BCUT2D eigenvalue weighted by Gasteiger charge is 2.28. The molecule has 92 valence electrons. The van der Waals surface area contributed by atoms with Crippen molar-refractivity contribution in [1.82, 2.24) is 15.3 Å². The van der Waals surface area contributed by atoms with Crippen LogP contribution in [-0.2, 0) is 0 Å². The van der Waals surface area contributed by atoms with E-state index in [4.69, 9.17) is 0 Å². The van der Waals surface area contributed by atoms with Gasteiger partial charge in [-0.05, 0) is 39.5 Å². The molecular formula is C12H23N3O. The molecule has 0 bridgehead atoms. The van der Waals surface area contributed by atoms with Crippen LogP contribution in [0.2, 0.25) is 0 Å². The minimum Gasteiger partial charge on any atom is -0.324 e. The predicted molar refractivity (Wildman–Crippen MR) is 64.0 cm³/mol. The van der Waals surface area contributed by atoms with Crippen LogP contribution < -0.4 is 5.43 Å². The summed E-state index contributed by atoms with van der Waals surface area (Å²) < 4.78 is 0. The first-order valence-corrected chi connectivity index (χ1v) is 6.52. The normalized spacial score (nSPS) is 31.8. The number of likely N-dealkylation sites (tertiary alicyclic amines) is 1. The molecule has 0 saturated carbocycles. The lowest BCUT2D eigenvalue weighted by Crippen LogP contribution is -2.56. The molecule has 2 amide bonds. The fourth-order valence-electron chi connectivity index (χ4n) is 2.74. The number of hydrazine groups is 1. The van der Waals surface area contributed by atoms with Crippen LogP contribution in [0.15, 0.2) is 0 Å². The average molecular weight is 225 g/mol. The molecule has 2 fully saturated rings. The summed E-state index contributed by atoms with van der Waals surface area (Å²) in [6.07, 6.45) is 5.95. The zero-order chi connectivity index (χ0) is 11.5. The minimum atomic E-state index is 0.0955. The Kier molecular flexibility index (Phi) is 3.69. The number of hydrogen-bond acceptors (Lipinski definition) is 2. The van der Waals surface area contributed by atoms with Crippen molar-refractivity contribution in [3.8, 4) is 0 Å². The number of urea groups is 1. The molecule has 0 aliphatic carbocycles. The van der Waals surface area contributed by atoms with Crippen molar-refractivity contribution in [2.75, 3.05) is 13.1 Å². The summed E-state index contributed by atoms with van der Waals surface area (Å²) >= 11 is 0. The van der Waals surface area contributed by atoms with Crippen LogP contribution in [0.1, 0.15) is 46.0 Å². The molecule has 2 unspecified atom stereocenters. The smallest absolute Gasteiger partial charge is 0.324 e. The Bertz CT molecular complexity index is 241. The Hall–Kier alpha value is -0.770. The van der Waals surface area contributed by atoms with E-state index >= 15 is 0 Å². The third kappa shape index (κ3) is 2.48. The van der Waals surface area contributed by atoms with Gasteiger partial charge in [-0.1, -0.05) is 6.42 Å². The van der Waals surface area contributed by atoms with Crippen LogP contribution in [0.4, 0.5) is 4.79 Å². The summed E-state index contributed by atoms with van der Waals surface area (Å²) in [6, 6.07) is 1.03. The number of piperidine rings is 1. The van der Waals surface area contributed by atoms with Gasteiger partial charge in [-0.2, -0.15) is 0 Å². The molecule has 0 spiro atoms. The Labute approximate surface area is 97.9 Å². The molecule has 4 nitrogen and oxygen atoms in total. The SMILES string of the molecule is CC1CCCC(C)N1NC(=O)N1CCCC1. The van der Waals surface area contributed by atoms with E-state index in [0.29, 0.717) is 12.1 Å². The van der Waals surface area contributed by atoms with Crippen molar-refractivity contribution in [2.45, 2.75) is 58.0 Å². The Morgan fingerprint density at radius 1 is 1.06 bits per heavy atom. The van der Waals surface area contributed by atoms with Crippen LogP contribution in [-0.4, -0.2) is 41.1 Å². The highest BCUT2D eigenvalue weighted by molar-refractivity contribution is 5.73. The van der Waals surface area contributed by atoms with E-state index < -0.39 is 0 Å². The van der Waals surface area contributed by atoms with Crippen molar-refractivity contribution >= 4 is 6.03 Å². The van der Waals surface area contributed by atoms with Crippen LogP contribution in [0.3, 0.4) is 0 Å². The summed E-state index contributed by atoms with van der Waals surface area (Å²) in [6.45, 7) is 6.23. The zero-order valence-corrected chi connectivity index (χ0v) is 10.4. The van der Waals surface area contributed by atoms with Gasteiger partial charge in [-0.3, -0.25) is 5.43 Å². The van der Waals surface area contributed by atoms with Gasteiger partial charge in [0, 0.05) is 25.2 Å². The summed E-state index contributed by atoms with van der Waals surface area (Å²) in [5.74, 6) is 0. The lowest BCUT2D eigenvalue weighted by Gasteiger charge is -2.39. The maximum atomic E-state index is 12.0. The molecule has 0 aromatic heterocycles. The monoisotopic (exact) mass is 225 g/mol. The molecule has 2 aliphatic rings. The number of rotatable bonds is 1. The quantitative estimate of drug-likeness (QED) is 0.740. The van der Waals surface area contributed by atoms with E-state index in [9.17, 15) is 4.79 Å². The molecule has 0 radical (unpaired) electrons. The molecule has 0 aromatic rings. The molecule has 4 heteroatoms. The predicted octanol–water partition coefficient (Wildman–Crippen LogP) is 1.97. The van der Waals surface area contributed by atoms with Crippen LogP contribution in [0.5, 0.6) is 0 Å². The van der Waals surface area contributed by atoms with Crippen LogP contribution in [0.25, 0.3) is 0 Å². The summed E-state index contributed by atoms with van der Waals surface area (Å²) in [7, 11) is 0. The molecule has 2 heterocycles. The Morgan fingerprint density at radius 2 is 1.62 bits per heavy atom. The zero-order valence-electron chi connectivity index (χ0n) is 10.4. The third-order valence-electron chi connectivity index (χ3n) is 3.81. The lowest BCUT2D eigenvalue weighted by molar-refractivity contribution is 0.0520. The fourth-order valence-corrected chi connectivity index (χ4v) is 2.74. The summed E-state index contributed by atoms with van der Waals surface area (Å²) in [4.78, 5) is 13.9. The number of hydrogen-bond donors (Lipinski definition) is 1. The second kappa shape index (κ2) is 5.04. The van der Waals surface area contributed by atoms with Gasteiger partial charge >= 0.3 is 6.03 Å². The number of nitrogens with one attached hydrogen (secondary N) is 1. The Balaban J connectivity index is 1.88. The topological polar surface area (TPSA) is 35.6 Å². The maximum Gasteiger partial charge on any atom is 0.331 e. The largest absolute Gasteiger partial charge is 0.331 e. The fraction of sp³-hybridized carbons (Fsp3) is 0.917. The standard InChI is InChI=1S/C12H23N3O/c1-10-6-5-7-11(2)15(10)13-12(16)14-8-3-4-9-14/h10-11H,3-9H2,1-2H3,(H,13,16). The van der Waals surface area contributed by atoms with Crippen LogP contribution >= 0.6 is 0 Å². The van der Waals surface area contributed by atoms with E-state index in [-0.39, 0.29) is 6.03 Å². The summed E-state index contributed by atoms with van der Waals surface area (Å²) in [5, 5.41) is 2.14. The Morgan fingerprint density at radius 3 is 2.19 bits per heavy atom. The third-order valence-corrected chi connectivity index (χ3v) is 3.81. The van der Waals surface area contributed by atoms with E-state index in [0.717, 1.165) is 25.9 Å². The van der Waals surface area contributed by atoms with E-state index in [1.165, 1.54) is 19.3 Å². The highest BCUT2D eigenvalue weighted by Crippen LogP contribution is 2.20. The van der Waals surface area contributed by atoms with Gasteiger partial charge < -0.3 is 4.90 Å². The van der Waals surface area contributed by atoms with E-state index in [2.05, 4.69) is 24.3 Å². The highest BCUT2D eigenvalue weighted by atomic mass is 16.2. The van der Waals surface area contributed by atoms with Crippen molar-refractivity contribution in [2.24, 2.45) is 0 Å². The van der Waals surface area contributed by atoms with Crippen molar-refractivity contribution in [3.63, 3.8) is 0 Å². The minimum absolute atomic E-state index is 0.0955. The second-order valence-corrected chi connectivity index (χ2v) is 5.15. The lowest BCUT2D eigenvalue weighted by atomic mass is 10.00. The van der Waals surface area contributed by atoms with E-state index in [1.54, 1.807) is 0 Å². The number of amides is 2. The van der Waals surface area contributed by atoms with Crippen molar-refractivity contribution in [3.05, 3.63) is 0 Å². The van der Waals surface area contributed by atoms with Crippen molar-refractivity contribution in [1.29, 1.82) is 0 Å². The molecule has 2 saturated heterocycles. The van der Waals surface area contributed by atoms with Gasteiger partial charge in [0.2, 0.25) is 0 Å². The molecule has 16 heavy (non-hydrogen) atoms. The number of carbonyl (C=O) groups is 1. The second-order valence-electron chi connectivity index (χ2n) is 5.15. The molecule has 2 rings (SSSR count). The average Bonchev–Trinajstić information content (AvgIpc) is 2.76.